The number of ether oxygens (including phenoxy) is 2. The highest BCUT2D eigenvalue weighted by Gasteiger charge is 2.27. The third kappa shape index (κ3) is 4.05. The van der Waals surface area contributed by atoms with Crippen LogP contribution < -0.4 is 10.6 Å². The van der Waals surface area contributed by atoms with E-state index in [0.717, 1.165) is 37.7 Å². The van der Waals surface area contributed by atoms with E-state index >= 15 is 0 Å². The van der Waals surface area contributed by atoms with Crippen molar-refractivity contribution in [3.8, 4) is 0 Å². The van der Waals surface area contributed by atoms with E-state index < -0.39 is 0 Å². The highest BCUT2D eigenvalue weighted by atomic mass is 16.5. The minimum Gasteiger partial charge on any atom is -0.381 e. The van der Waals surface area contributed by atoms with Crippen molar-refractivity contribution < 1.29 is 9.47 Å². The van der Waals surface area contributed by atoms with Gasteiger partial charge in [-0.2, -0.15) is 0 Å². The molecule has 1 aromatic heterocycles. The van der Waals surface area contributed by atoms with Gasteiger partial charge in [-0.15, -0.1) is 0 Å². The molecule has 0 spiro atoms. The van der Waals surface area contributed by atoms with Crippen LogP contribution in [0.2, 0.25) is 0 Å². The number of nitrogens with one attached hydrogen (secondary N) is 2. The lowest BCUT2D eigenvalue weighted by Crippen LogP contribution is -2.41. The van der Waals surface area contributed by atoms with Crippen LogP contribution in [0.25, 0.3) is 0 Å². The fourth-order valence-corrected chi connectivity index (χ4v) is 2.20. The largest absolute Gasteiger partial charge is 0.381 e. The predicted molar refractivity (Wildman–Crippen MR) is 79.0 cm³/mol. The molecule has 0 saturated carbocycles. The van der Waals surface area contributed by atoms with Gasteiger partial charge in [0.1, 0.15) is 18.2 Å². The summed E-state index contributed by atoms with van der Waals surface area (Å²) >= 11 is 0. The fraction of sp³-hybridized carbons (Fsp3) is 0.714. The van der Waals surface area contributed by atoms with Crippen molar-refractivity contribution in [1.82, 2.24) is 9.97 Å². The first kappa shape index (κ1) is 15.0. The van der Waals surface area contributed by atoms with Crippen molar-refractivity contribution in [1.29, 1.82) is 0 Å². The van der Waals surface area contributed by atoms with Gasteiger partial charge in [-0.05, 0) is 26.7 Å². The van der Waals surface area contributed by atoms with E-state index in [0.29, 0.717) is 19.0 Å². The van der Waals surface area contributed by atoms with E-state index in [1.165, 1.54) is 0 Å². The van der Waals surface area contributed by atoms with Gasteiger partial charge < -0.3 is 20.1 Å². The average molecular weight is 280 g/mol. The first-order chi connectivity index (χ1) is 9.65. The van der Waals surface area contributed by atoms with Gasteiger partial charge in [0.2, 0.25) is 0 Å². The summed E-state index contributed by atoms with van der Waals surface area (Å²) in [5.41, 5.74) is 0.0283. The molecule has 0 atom stereocenters. The number of rotatable bonds is 6. The molecule has 6 heteroatoms. The Morgan fingerprint density at radius 2 is 2.00 bits per heavy atom. The lowest BCUT2D eigenvalue weighted by Gasteiger charge is -2.35. The van der Waals surface area contributed by atoms with Crippen molar-refractivity contribution in [3.63, 3.8) is 0 Å². The van der Waals surface area contributed by atoms with Crippen LogP contribution in [0, 0.1) is 0 Å². The summed E-state index contributed by atoms with van der Waals surface area (Å²) in [4.78, 5) is 8.92. The molecule has 1 fully saturated rings. The SMILES string of the molecule is CCOCc1nc(NC)cc(NC2(C)CCOCC2)n1. The van der Waals surface area contributed by atoms with Crippen LogP contribution in [0.3, 0.4) is 0 Å². The van der Waals surface area contributed by atoms with Crippen molar-refractivity contribution in [2.45, 2.75) is 38.8 Å². The third-order valence-electron chi connectivity index (χ3n) is 3.49. The first-order valence-electron chi connectivity index (χ1n) is 7.14. The summed E-state index contributed by atoms with van der Waals surface area (Å²) < 4.78 is 10.8. The zero-order chi connectivity index (χ0) is 14.4. The Morgan fingerprint density at radius 3 is 2.65 bits per heavy atom. The molecular weight excluding hydrogens is 256 g/mol. The lowest BCUT2D eigenvalue weighted by molar-refractivity contribution is 0.0657. The Kier molecular flexibility index (Phi) is 5.14. The normalized spacial score (nSPS) is 17.8. The molecule has 6 nitrogen and oxygen atoms in total. The van der Waals surface area contributed by atoms with Gasteiger partial charge in [-0.3, -0.25) is 0 Å². The maximum Gasteiger partial charge on any atom is 0.158 e. The highest BCUT2D eigenvalue weighted by molar-refractivity contribution is 5.48. The lowest BCUT2D eigenvalue weighted by atomic mass is 9.92. The van der Waals surface area contributed by atoms with Gasteiger partial charge in [-0.1, -0.05) is 0 Å². The Hall–Kier alpha value is -1.40. The molecule has 1 aliphatic rings. The molecule has 20 heavy (non-hydrogen) atoms. The highest BCUT2D eigenvalue weighted by Crippen LogP contribution is 2.25. The van der Waals surface area contributed by atoms with Gasteiger partial charge in [-0.25, -0.2) is 9.97 Å². The van der Waals surface area contributed by atoms with E-state index in [9.17, 15) is 0 Å². The molecule has 0 aromatic carbocycles. The summed E-state index contributed by atoms with van der Waals surface area (Å²) in [6.45, 7) is 6.84. The second-order valence-corrected chi connectivity index (χ2v) is 5.24. The van der Waals surface area contributed by atoms with Crippen molar-refractivity contribution >= 4 is 11.6 Å². The monoisotopic (exact) mass is 280 g/mol. The molecule has 0 aliphatic carbocycles. The molecule has 2 rings (SSSR count). The standard InChI is InChI=1S/C14H24N4O2/c1-4-19-10-13-16-11(15-3)9-12(17-13)18-14(2)5-7-20-8-6-14/h9H,4-8,10H2,1-3H3,(H2,15,16,17,18). The number of hydrogen-bond donors (Lipinski definition) is 2. The maximum absolute atomic E-state index is 5.42. The molecule has 0 bridgehead atoms. The van der Waals surface area contributed by atoms with Crippen molar-refractivity contribution in [3.05, 3.63) is 11.9 Å². The third-order valence-corrected chi connectivity index (χ3v) is 3.49. The quantitative estimate of drug-likeness (QED) is 0.831. The van der Waals surface area contributed by atoms with Gasteiger partial charge in [0.25, 0.3) is 0 Å². The first-order valence-corrected chi connectivity index (χ1v) is 7.14. The van der Waals surface area contributed by atoms with E-state index in [-0.39, 0.29) is 5.54 Å². The molecule has 112 valence electrons. The summed E-state index contributed by atoms with van der Waals surface area (Å²) in [7, 11) is 1.85. The zero-order valence-electron chi connectivity index (χ0n) is 12.5. The summed E-state index contributed by atoms with van der Waals surface area (Å²) in [5.74, 6) is 2.33. The Balaban J connectivity index is 2.12. The van der Waals surface area contributed by atoms with Crippen LogP contribution >= 0.6 is 0 Å². The van der Waals surface area contributed by atoms with Crippen molar-refractivity contribution in [2.24, 2.45) is 0 Å². The summed E-state index contributed by atoms with van der Waals surface area (Å²) in [5, 5.41) is 6.58. The van der Waals surface area contributed by atoms with Gasteiger partial charge >= 0.3 is 0 Å². The molecular formula is C14H24N4O2. The minimum absolute atomic E-state index is 0.0283. The van der Waals surface area contributed by atoms with Gasteiger partial charge in [0.15, 0.2) is 5.82 Å². The van der Waals surface area contributed by atoms with Crippen molar-refractivity contribution in [2.75, 3.05) is 37.5 Å². The summed E-state index contributed by atoms with van der Waals surface area (Å²) in [6.07, 6.45) is 1.96. The number of anilines is 2. The van der Waals surface area contributed by atoms with Crippen LogP contribution in [0.5, 0.6) is 0 Å². The van der Waals surface area contributed by atoms with Crippen LogP contribution in [0.4, 0.5) is 11.6 Å². The molecule has 1 saturated heterocycles. The zero-order valence-corrected chi connectivity index (χ0v) is 12.5. The number of nitrogens with zero attached hydrogens (tertiary/aromatic N) is 2. The topological polar surface area (TPSA) is 68.3 Å². The van der Waals surface area contributed by atoms with E-state index in [1.807, 2.05) is 20.0 Å². The van der Waals surface area contributed by atoms with Crippen LogP contribution in [0.1, 0.15) is 32.5 Å². The number of hydrogen-bond acceptors (Lipinski definition) is 6. The smallest absolute Gasteiger partial charge is 0.158 e. The van der Waals surface area contributed by atoms with E-state index in [4.69, 9.17) is 9.47 Å². The van der Waals surface area contributed by atoms with E-state index in [2.05, 4.69) is 27.5 Å². The van der Waals surface area contributed by atoms with Gasteiger partial charge in [0, 0.05) is 38.5 Å². The fourth-order valence-electron chi connectivity index (χ4n) is 2.20. The van der Waals surface area contributed by atoms with Gasteiger partial charge in [0.05, 0.1) is 0 Å². The van der Waals surface area contributed by atoms with Crippen LogP contribution in [0.15, 0.2) is 6.07 Å². The van der Waals surface area contributed by atoms with Crippen LogP contribution in [-0.4, -0.2) is 42.4 Å². The predicted octanol–water partition coefficient (Wildman–Crippen LogP) is 2.04. The molecule has 1 aromatic rings. The van der Waals surface area contributed by atoms with Crippen LogP contribution in [-0.2, 0) is 16.1 Å². The molecule has 1 aliphatic heterocycles. The summed E-state index contributed by atoms with van der Waals surface area (Å²) in [6, 6.07) is 1.93. The minimum atomic E-state index is 0.0283. The second kappa shape index (κ2) is 6.85. The molecule has 2 N–H and O–H groups in total. The molecule has 0 amide bonds. The molecule has 0 radical (unpaired) electrons. The molecule has 2 heterocycles. The average Bonchev–Trinajstić information content (AvgIpc) is 2.45. The maximum atomic E-state index is 5.42. The Labute approximate surface area is 120 Å². The van der Waals surface area contributed by atoms with E-state index in [1.54, 1.807) is 0 Å². The number of aromatic nitrogens is 2. The molecule has 0 unspecified atom stereocenters. The Morgan fingerprint density at radius 1 is 1.30 bits per heavy atom. The second-order valence-electron chi connectivity index (χ2n) is 5.24. The Bertz CT molecular complexity index is 433.